The third-order valence-electron chi connectivity index (χ3n) is 2.44. The molecule has 3 heteroatoms. The molecule has 0 aliphatic heterocycles. The van der Waals surface area contributed by atoms with Crippen molar-refractivity contribution >= 4 is 0 Å². The average molecular weight is 229 g/mol. The molecule has 0 saturated carbocycles. The zero-order valence-corrected chi connectivity index (χ0v) is 10.8. The molecule has 96 valence electrons. The molecule has 1 N–H and O–H groups in total. The maximum atomic E-state index is 5.47. The number of ether oxygens (including phenoxy) is 2. The van der Waals surface area contributed by atoms with Crippen molar-refractivity contribution < 1.29 is 9.47 Å². The van der Waals surface area contributed by atoms with E-state index >= 15 is 0 Å². The summed E-state index contributed by atoms with van der Waals surface area (Å²) in [5, 5.41) is 3.54. The molecular weight excluding hydrogens is 202 g/mol. The molecule has 1 unspecified atom stereocenters. The van der Waals surface area contributed by atoms with Crippen molar-refractivity contribution in [2.24, 2.45) is 0 Å². The van der Waals surface area contributed by atoms with Crippen LogP contribution in [0.15, 0.2) is 12.7 Å². The molecule has 0 spiro atoms. The van der Waals surface area contributed by atoms with Gasteiger partial charge in [-0.2, -0.15) is 0 Å². The van der Waals surface area contributed by atoms with Gasteiger partial charge < -0.3 is 14.8 Å². The fraction of sp³-hybridized carbons (Fsp3) is 0.846. The molecule has 0 aromatic heterocycles. The molecule has 0 aromatic rings. The van der Waals surface area contributed by atoms with Crippen LogP contribution in [-0.4, -0.2) is 39.5 Å². The van der Waals surface area contributed by atoms with Gasteiger partial charge in [0, 0.05) is 19.8 Å². The second kappa shape index (κ2) is 12.7. The van der Waals surface area contributed by atoms with Crippen LogP contribution in [0.1, 0.15) is 32.6 Å². The first-order valence-corrected chi connectivity index (χ1v) is 6.26. The van der Waals surface area contributed by atoms with Crippen molar-refractivity contribution in [3.8, 4) is 0 Å². The normalized spacial score (nSPS) is 12.6. The Balaban J connectivity index is 3.51. The van der Waals surface area contributed by atoms with Gasteiger partial charge >= 0.3 is 0 Å². The molecule has 0 aliphatic rings. The number of hydrogen-bond donors (Lipinski definition) is 1. The van der Waals surface area contributed by atoms with Crippen molar-refractivity contribution in [2.45, 2.75) is 38.6 Å². The van der Waals surface area contributed by atoms with Crippen LogP contribution in [0.2, 0.25) is 0 Å². The highest BCUT2D eigenvalue weighted by molar-refractivity contribution is 4.73. The van der Waals surface area contributed by atoms with Crippen LogP contribution >= 0.6 is 0 Å². The van der Waals surface area contributed by atoms with Crippen molar-refractivity contribution in [1.29, 1.82) is 0 Å². The first-order valence-electron chi connectivity index (χ1n) is 6.26. The third-order valence-corrected chi connectivity index (χ3v) is 2.44. The van der Waals surface area contributed by atoms with E-state index in [1.54, 1.807) is 7.11 Å². The Morgan fingerprint density at radius 3 is 2.69 bits per heavy atom. The predicted octanol–water partition coefficient (Wildman–Crippen LogP) is 2.37. The lowest BCUT2D eigenvalue weighted by Crippen LogP contribution is -2.31. The Morgan fingerprint density at radius 1 is 1.25 bits per heavy atom. The molecule has 0 heterocycles. The molecule has 0 saturated heterocycles. The minimum Gasteiger partial charge on any atom is -0.382 e. The van der Waals surface area contributed by atoms with E-state index in [1.807, 2.05) is 6.08 Å². The second-order valence-electron chi connectivity index (χ2n) is 3.91. The van der Waals surface area contributed by atoms with Crippen LogP contribution in [0, 0.1) is 0 Å². The van der Waals surface area contributed by atoms with E-state index in [2.05, 4.69) is 18.8 Å². The summed E-state index contributed by atoms with van der Waals surface area (Å²) in [5.41, 5.74) is 0. The van der Waals surface area contributed by atoms with Crippen molar-refractivity contribution in [3.63, 3.8) is 0 Å². The summed E-state index contributed by atoms with van der Waals surface area (Å²) < 4.78 is 10.4. The van der Waals surface area contributed by atoms with Crippen LogP contribution in [0.25, 0.3) is 0 Å². The zero-order chi connectivity index (χ0) is 12.1. The molecule has 16 heavy (non-hydrogen) atoms. The van der Waals surface area contributed by atoms with E-state index < -0.39 is 0 Å². The van der Waals surface area contributed by atoms with E-state index in [0.29, 0.717) is 19.3 Å². The largest absolute Gasteiger partial charge is 0.382 e. The second-order valence-corrected chi connectivity index (χ2v) is 3.91. The smallest absolute Gasteiger partial charge is 0.0700 e. The summed E-state index contributed by atoms with van der Waals surface area (Å²) >= 11 is 0. The van der Waals surface area contributed by atoms with Gasteiger partial charge in [-0.1, -0.05) is 13.0 Å². The maximum absolute atomic E-state index is 5.47. The summed E-state index contributed by atoms with van der Waals surface area (Å²) in [4.78, 5) is 0. The summed E-state index contributed by atoms with van der Waals surface area (Å²) in [6.45, 7) is 9.21. The SMILES string of the molecule is C=CCCC(CCOCCOC)NCCC. The van der Waals surface area contributed by atoms with Gasteiger partial charge in [0.1, 0.15) is 0 Å². The van der Waals surface area contributed by atoms with Crippen LogP contribution in [-0.2, 0) is 9.47 Å². The molecule has 0 amide bonds. The molecule has 1 atom stereocenters. The minimum atomic E-state index is 0.556. The minimum absolute atomic E-state index is 0.556. The third kappa shape index (κ3) is 10.1. The number of rotatable bonds is 12. The van der Waals surface area contributed by atoms with Crippen LogP contribution in [0.5, 0.6) is 0 Å². The molecule has 0 rings (SSSR count). The number of allylic oxidation sites excluding steroid dienone is 1. The summed E-state index contributed by atoms with van der Waals surface area (Å²) in [6.07, 6.45) is 6.44. The van der Waals surface area contributed by atoms with Gasteiger partial charge in [-0.15, -0.1) is 6.58 Å². The summed E-state index contributed by atoms with van der Waals surface area (Å²) in [6, 6.07) is 0.556. The van der Waals surface area contributed by atoms with Gasteiger partial charge in [0.2, 0.25) is 0 Å². The van der Waals surface area contributed by atoms with Crippen molar-refractivity contribution in [2.75, 3.05) is 33.5 Å². The molecule has 0 bridgehead atoms. The van der Waals surface area contributed by atoms with Crippen LogP contribution in [0.3, 0.4) is 0 Å². The van der Waals surface area contributed by atoms with Gasteiger partial charge in [-0.05, 0) is 32.2 Å². The fourth-order valence-electron chi connectivity index (χ4n) is 1.49. The quantitative estimate of drug-likeness (QED) is 0.412. The van der Waals surface area contributed by atoms with Gasteiger partial charge in [-0.25, -0.2) is 0 Å². The van der Waals surface area contributed by atoms with Crippen molar-refractivity contribution in [1.82, 2.24) is 5.32 Å². The number of hydrogen-bond acceptors (Lipinski definition) is 3. The molecule has 0 radical (unpaired) electrons. The van der Waals surface area contributed by atoms with Gasteiger partial charge in [0.25, 0.3) is 0 Å². The Morgan fingerprint density at radius 2 is 2.06 bits per heavy atom. The number of methoxy groups -OCH3 is 1. The fourth-order valence-corrected chi connectivity index (χ4v) is 1.49. The Kier molecular flexibility index (Phi) is 12.4. The molecule has 3 nitrogen and oxygen atoms in total. The standard InChI is InChI=1S/C13H27NO2/c1-4-6-7-13(14-9-5-2)8-10-16-12-11-15-3/h4,13-14H,1,5-12H2,2-3H3. The zero-order valence-electron chi connectivity index (χ0n) is 10.8. The van der Waals surface area contributed by atoms with E-state index in [0.717, 1.165) is 32.4 Å². The van der Waals surface area contributed by atoms with E-state index in [-0.39, 0.29) is 0 Å². The summed E-state index contributed by atoms with van der Waals surface area (Å²) in [5.74, 6) is 0. The molecular formula is C13H27NO2. The van der Waals surface area contributed by atoms with Gasteiger partial charge in [0.15, 0.2) is 0 Å². The summed E-state index contributed by atoms with van der Waals surface area (Å²) in [7, 11) is 1.69. The lowest BCUT2D eigenvalue weighted by atomic mass is 10.1. The first-order chi connectivity index (χ1) is 7.85. The van der Waals surface area contributed by atoms with E-state index in [4.69, 9.17) is 9.47 Å². The Labute approximate surface area is 100 Å². The van der Waals surface area contributed by atoms with Gasteiger partial charge in [0.05, 0.1) is 13.2 Å². The lowest BCUT2D eigenvalue weighted by Gasteiger charge is -2.17. The Bertz CT molecular complexity index is 151. The van der Waals surface area contributed by atoms with E-state index in [1.165, 1.54) is 6.42 Å². The van der Waals surface area contributed by atoms with Crippen LogP contribution in [0.4, 0.5) is 0 Å². The first kappa shape index (κ1) is 15.6. The highest BCUT2D eigenvalue weighted by Crippen LogP contribution is 2.03. The van der Waals surface area contributed by atoms with Gasteiger partial charge in [-0.3, -0.25) is 0 Å². The van der Waals surface area contributed by atoms with E-state index in [9.17, 15) is 0 Å². The Hall–Kier alpha value is -0.380. The molecule has 0 aromatic carbocycles. The van der Waals surface area contributed by atoms with Crippen molar-refractivity contribution in [3.05, 3.63) is 12.7 Å². The number of nitrogens with one attached hydrogen (secondary N) is 1. The predicted molar refractivity (Wildman–Crippen MR) is 68.8 cm³/mol. The monoisotopic (exact) mass is 229 g/mol. The molecule has 0 fully saturated rings. The highest BCUT2D eigenvalue weighted by Gasteiger charge is 2.06. The van der Waals surface area contributed by atoms with Crippen LogP contribution < -0.4 is 5.32 Å². The maximum Gasteiger partial charge on any atom is 0.0700 e. The highest BCUT2D eigenvalue weighted by atomic mass is 16.5. The molecule has 0 aliphatic carbocycles. The topological polar surface area (TPSA) is 30.5 Å². The lowest BCUT2D eigenvalue weighted by molar-refractivity contribution is 0.0655. The average Bonchev–Trinajstić information content (AvgIpc) is 2.31.